The second-order valence-corrected chi connectivity index (χ2v) is 3.77. The van der Waals surface area contributed by atoms with Crippen LogP contribution in [0.5, 0.6) is 11.5 Å². The number of aromatic hydroxyl groups is 1. The summed E-state index contributed by atoms with van der Waals surface area (Å²) in [7, 11) is 1.47. The fourth-order valence-electron chi connectivity index (χ4n) is 1.70. The highest BCUT2D eigenvalue weighted by molar-refractivity contribution is 5.89. The highest BCUT2D eigenvalue weighted by atomic mass is 16.5. The number of hydrogen-bond donors (Lipinski definition) is 2. The second kappa shape index (κ2) is 4.79. The topological polar surface area (TPSA) is 66.8 Å². The van der Waals surface area contributed by atoms with Crippen LogP contribution in [0.3, 0.4) is 0 Å². The van der Waals surface area contributed by atoms with E-state index in [1.54, 1.807) is 36.4 Å². The van der Waals surface area contributed by atoms with E-state index >= 15 is 0 Å². The quantitative estimate of drug-likeness (QED) is 0.871. The molecule has 0 aromatic heterocycles. The highest BCUT2D eigenvalue weighted by Crippen LogP contribution is 2.31. The molecule has 4 nitrogen and oxygen atoms in total. The third-order valence-corrected chi connectivity index (χ3v) is 2.62. The summed E-state index contributed by atoms with van der Waals surface area (Å²) < 4.78 is 4.95. The molecule has 2 N–H and O–H groups in total. The Morgan fingerprint density at radius 2 is 1.83 bits per heavy atom. The van der Waals surface area contributed by atoms with Crippen LogP contribution < -0.4 is 4.74 Å². The number of hydrogen-bond acceptors (Lipinski definition) is 3. The van der Waals surface area contributed by atoms with Crippen LogP contribution in [0.4, 0.5) is 0 Å². The van der Waals surface area contributed by atoms with Crippen molar-refractivity contribution in [1.82, 2.24) is 0 Å². The molecule has 0 radical (unpaired) electrons. The van der Waals surface area contributed by atoms with E-state index in [2.05, 4.69) is 0 Å². The van der Waals surface area contributed by atoms with E-state index in [1.165, 1.54) is 13.2 Å². The molecule has 0 saturated heterocycles. The molecule has 0 fully saturated rings. The molecule has 0 unspecified atom stereocenters. The summed E-state index contributed by atoms with van der Waals surface area (Å²) in [5, 5.41) is 18.6. The number of benzene rings is 2. The molecule has 4 heteroatoms. The molecule has 0 atom stereocenters. The summed E-state index contributed by atoms with van der Waals surface area (Å²) in [5.41, 5.74) is 1.67. The fourth-order valence-corrected chi connectivity index (χ4v) is 1.70. The third-order valence-electron chi connectivity index (χ3n) is 2.62. The van der Waals surface area contributed by atoms with Crippen molar-refractivity contribution in [3.63, 3.8) is 0 Å². The van der Waals surface area contributed by atoms with Crippen molar-refractivity contribution >= 4 is 5.97 Å². The lowest BCUT2D eigenvalue weighted by molar-refractivity contribution is 0.0697. The van der Waals surface area contributed by atoms with Gasteiger partial charge in [-0.2, -0.15) is 0 Å². The molecule has 18 heavy (non-hydrogen) atoms. The van der Waals surface area contributed by atoms with Gasteiger partial charge < -0.3 is 14.9 Å². The maximum absolute atomic E-state index is 10.9. The molecule has 2 aromatic rings. The van der Waals surface area contributed by atoms with Gasteiger partial charge in [-0.25, -0.2) is 4.79 Å². The van der Waals surface area contributed by atoms with Gasteiger partial charge in [0, 0.05) is 0 Å². The molecule has 0 amide bonds. The lowest BCUT2D eigenvalue weighted by Crippen LogP contribution is -1.95. The minimum absolute atomic E-state index is 0.0238. The van der Waals surface area contributed by atoms with Crippen LogP contribution in [0.15, 0.2) is 42.5 Å². The van der Waals surface area contributed by atoms with E-state index in [4.69, 9.17) is 9.84 Å². The lowest BCUT2D eigenvalue weighted by Gasteiger charge is -2.07. The molecule has 92 valence electrons. The van der Waals surface area contributed by atoms with Gasteiger partial charge in [0.15, 0.2) is 11.5 Å². The first-order valence-electron chi connectivity index (χ1n) is 5.32. The van der Waals surface area contributed by atoms with Crippen LogP contribution in [-0.4, -0.2) is 23.3 Å². The largest absolute Gasteiger partial charge is 0.504 e. The maximum atomic E-state index is 10.9. The highest BCUT2D eigenvalue weighted by Gasteiger charge is 2.07. The Hall–Kier alpha value is -2.49. The normalized spacial score (nSPS) is 10.1. The van der Waals surface area contributed by atoms with Crippen LogP contribution in [0.1, 0.15) is 10.4 Å². The van der Waals surface area contributed by atoms with Gasteiger partial charge in [0.2, 0.25) is 0 Å². The Balaban J connectivity index is 2.45. The van der Waals surface area contributed by atoms with Gasteiger partial charge in [-0.15, -0.1) is 0 Å². The number of rotatable bonds is 3. The molecule has 0 aliphatic carbocycles. The number of methoxy groups -OCH3 is 1. The molecular weight excluding hydrogens is 232 g/mol. The molecule has 0 heterocycles. The first kappa shape index (κ1) is 12.0. The van der Waals surface area contributed by atoms with Crippen molar-refractivity contribution in [3.8, 4) is 22.6 Å². The summed E-state index contributed by atoms with van der Waals surface area (Å²) in [6, 6.07) is 11.5. The number of phenolic OH excluding ortho intramolecular Hbond substituents is 1. The molecule has 0 aliphatic rings. The van der Waals surface area contributed by atoms with E-state index in [0.717, 1.165) is 11.1 Å². The fraction of sp³-hybridized carbons (Fsp3) is 0.0714. The van der Waals surface area contributed by atoms with Gasteiger partial charge in [0.05, 0.1) is 12.7 Å². The number of ether oxygens (including phenoxy) is 1. The zero-order valence-corrected chi connectivity index (χ0v) is 9.75. The number of carbonyl (C=O) groups is 1. The zero-order chi connectivity index (χ0) is 13.1. The van der Waals surface area contributed by atoms with Crippen LogP contribution >= 0.6 is 0 Å². The summed E-state index contributed by atoms with van der Waals surface area (Å²) in [5.74, 6) is -0.571. The second-order valence-electron chi connectivity index (χ2n) is 3.77. The van der Waals surface area contributed by atoms with Crippen LogP contribution in [-0.2, 0) is 0 Å². The zero-order valence-electron chi connectivity index (χ0n) is 9.75. The van der Waals surface area contributed by atoms with Crippen molar-refractivity contribution < 1.29 is 19.7 Å². The Morgan fingerprint density at radius 1 is 1.11 bits per heavy atom. The van der Waals surface area contributed by atoms with Crippen LogP contribution in [0, 0.1) is 0 Å². The molecule has 2 aromatic carbocycles. The van der Waals surface area contributed by atoms with Crippen molar-refractivity contribution in [2.24, 2.45) is 0 Å². The summed E-state index contributed by atoms with van der Waals surface area (Å²) >= 11 is 0. The van der Waals surface area contributed by atoms with Crippen LogP contribution in [0.2, 0.25) is 0 Å². The van der Waals surface area contributed by atoms with Gasteiger partial charge in [0.1, 0.15) is 0 Å². The molecule has 0 spiro atoms. The van der Waals surface area contributed by atoms with E-state index in [9.17, 15) is 9.90 Å². The average molecular weight is 244 g/mol. The Bertz CT molecular complexity index is 590. The van der Waals surface area contributed by atoms with Gasteiger partial charge in [-0.05, 0) is 35.4 Å². The summed E-state index contributed by atoms with van der Waals surface area (Å²) in [6.45, 7) is 0. The smallest absolute Gasteiger partial charge is 0.335 e. The molecule has 0 aliphatic heterocycles. The van der Waals surface area contributed by atoms with E-state index in [-0.39, 0.29) is 11.3 Å². The average Bonchev–Trinajstić information content (AvgIpc) is 2.38. The van der Waals surface area contributed by atoms with Crippen molar-refractivity contribution in [2.45, 2.75) is 0 Å². The third kappa shape index (κ3) is 2.27. The summed E-state index contributed by atoms with van der Waals surface area (Å²) in [6.07, 6.45) is 0. The Labute approximate surface area is 104 Å². The predicted molar refractivity (Wildman–Crippen MR) is 67.1 cm³/mol. The molecule has 0 bridgehead atoms. The first-order valence-corrected chi connectivity index (χ1v) is 5.32. The monoisotopic (exact) mass is 244 g/mol. The minimum Gasteiger partial charge on any atom is -0.504 e. The maximum Gasteiger partial charge on any atom is 0.335 e. The predicted octanol–water partition coefficient (Wildman–Crippen LogP) is 2.77. The number of phenols is 1. The van der Waals surface area contributed by atoms with Gasteiger partial charge in [-0.3, -0.25) is 0 Å². The first-order chi connectivity index (χ1) is 8.61. The number of carboxylic acids is 1. The Morgan fingerprint density at radius 3 is 2.44 bits per heavy atom. The number of aromatic carboxylic acids is 1. The van der Waals surface area contributed by atoms with E-state index in [0.29, 0.717) is 5.75 Å². The van der Waals surface area contributed by atoms with E-state index in [1.807, 2.05) is 0 Å². The molecule has 0 saturated carbocycles. The lowest BCUT2D eigenvalue weighted by atomic mass is 10.0. The summed E-state index contributed by atoms with van der Waals surface area (Å²) in [4.78, 5) is 10.9. The Kier molecular flexibility index (Phi) is 3.19. The standard InChI is InChI=1S/C14H12O4/c1-18-13-6-5-10(8-12(13)15)9-3-2-4-11(7-9)14(16)17/h2-8,15H,1H3,(H,16,17). The number of carboxylic acid groups (broad SMARTS) is 1. The van der Waals surface area contributed by atoms with Crippen molar-refractivity contribution in [1.29, 1.82) is 0 Å². The van der Waals surface area contributed by atoms with Gasteiger partial charge >= 0.3 is 5.97 Å². The van der Waals surface area contributed by atoms with Crippen molar-refractivity contribution in [3.05, 3.63) is 48.0 Å². The van der Waals surface area contributed by atoms with Gasteiger partial charge in [0.25, 0.3) is 0 Å². The molecular formula is C14H12O4. The van der Waals surface area contributed by atoms with E-state index < -0.39 is 5.97 Å². The van der Waals surface area contributed by atoms with Crippen LogP contribution in [0.25, 0.3) is 11.1 Å². The SMILES string of the molecule is COc1ccc(-c2cccc(C(=O)O)c2)cc1O. The molecule has 2 rings (SSSR count). The van der Waals surface area contributed by atoms with Gasteiger partial charge in [-0.1, -0.05) is 18.2 Å². The minimum atomic E-state index is -0.977. The van der Waals surface area contributed by atoms with Crippen molar-refractivity contribution in [2.75, 3.05) is 7.11 Å².